The third kappa shape index (κ3) is 5.84. The Morgan fingerprint density at radius 1 is 0.872 bits per heavy atom. The minimum absolute atomic E-state index is 0.100. The highest BCUT2D eigenvalue weighted by Crippen LogP contribution is 2.53. The molecule has 0 amide bonds. The lowest BCUT2D eigenvalue weighted by Crippen LogP contribution is -2.36. The Bertz CT molecular complexity index is 2010. The van der Waals surface area contributed by atoms with Gasteiger partial charge in [0.15, 0.2) is 29.3 Å². The summed E-state index contributed by atoms with van der Waals surface area (Å²) in [5, 5.41) is 22.7. The molecular weight excluding hydrogens is 694 g/mol. The van der Waals surface area contributed by atoms with E-state index in [1.807, 2.05) is 0 Å². The summed E-state index contributed by atoms with van der Waals surface area (Å²) in [6.45, 7) is -1.66. The molecule has 3 aliphatic rings. The van der Waals surface area contributed by atoms with Crippen LogP contribution in [0.3, 0.4) is 0 Å². The van der Waals surface area contributed by atoms with Gasteiger partial charge >= 0.3 is 15.6 Å². The first kappa shape index (κ1) is 32.5. The number of rotatable bonds is 3. The van der Waals surface area contributed by atoms with Crippen LogP contribution in [0.2, 0.25) is 0 Å². The number of nitrogens with zero attached hydrogens (tertiary/aromatic N) is 7. The van der Waals surface area contributed by atoms with Crippen molar-refractivity contribution >= 4 is 61.6 Å². The van der Waals surface area contributed by atoms with Crippen LogP contribution in [-0.4, -0.2) is 115 Å². The molecule has 0 radical (unpaired) electrons. The SMILES string of the molecule is CSc1nc(N)nc2c1ncn2[C@@H]1O[C@@H]2COP(=O)(O)O[C@@H]3[C@H](O)[C@@H](COP(=O)(O)O[C@H]2[C@H]1O)O[C@H]3n1cnc2c(=O)[nH]c(N)nc21. The summed E-state index contributed by atoms with van der Waals surface area (Å²) in [6, 6.07) is 0. The van der Waals surface area contributed by atoms with Crippen LogP contribution in [0.25, 0.3) is 22.3 Å². The van der Waals surface area contributed by atoms with E-state index in [9.17, 15) is 33.9 Å². The monoisotopic (exact) mass is 720 g/mol. The standard InChI is InChI=1S/C21H26N10O13P2S/c1-47-17-9-15(27-21(23)29-17)30(5-25-9)18-11(33)12-7(42-18)3-40-46(37,38)44-13-10(32)6(2-39-45(35,36)43-12)41-19(13)31-4-24-8-14(31)26-20(22)28-16(8)34/h4-7,10-13,18-19,32-33H,2-3H2,1H3,(H,35,36)(H,37,38)(H2,23,27,29)(H3,22,26,28,34)/t6-,7-,10-,11-,12-,13-,18-,19-/m1/s1. The smallest absolute Gasteiger partial charge is 0.387 e. The van der Waals surface area contributed by atoms with Gasteiger partial charge in [0.05, 0.1) is 25.9 Å². The Balaban J connectivity index is 1.21. The number of ether oxygens (including phenoxy) is 2. The number of nitrogens with two attached hydrogens (primary N) is 2. The number of aliphatic hydroxyl groups excluding tert-OH is 2. The van der Waals surface area contributed by atoms with Gasteiger partial charge in [0.1, 0.15) is 47.2 Å². The summed E-state index contributed by atoms with van der Waals surface area (Å²) < 4.78 is 61.4. The number of nitrogen functional groups attached to an aromatic ring is 2. The maximum Gasteiger partial charge on any atom is 0.472 e. The number of phosphoric acid groups is 2. The Kier molecular flexibility index (Phi) is 8.15. The number of thioether (sulfide) groups is 1. The highest BCUT2D eigenvalue weighted by atomic mass is 32.2. The molecule has 4 aromatic heterocycles. The van der Waals surface area contributed by atoms with Crippen LogP contribution < -0.4 is 17.0 Å². The first-order valence-electron chi connectivity index (χ1n) is 13.5. The molecule has 0 spiro atoms. The largest absolute Gasteiger partial charge is 0.472 e. The molecule has 0 aliphatic carbocycles. The van der Waals surface area contributed by atoms with E-state index in [1.54, 1.807) is 6.26 Å². The topological polar surface area (TPSA) is 330 Å². The third-order valence-corrected chi connectivity index (χ3v) is 10.2. The first-order valence-corrected chi connectivity index (χ1v) is 17.7. The second kappa shape index (κ2) is 11.8. The normalized spacial score (nSPS) is 36.6. The van der Waals surface area contributed by atoms with E-state index in [0.29, 0.717) is 10.5 Å². The summed E-state index contributed by atoms with van der Waals surface area (Å²) in [5.74, 6) is -0.385. The van der Waals surface area contributed by atoms with Gasteiger partial charge in [-0.15, -0.1) is 11.8 Å². The number of aliphatic hydroxyl groups is 2. The molecule has 10 atom stereocenters. The Morgan fingerprint density at radius 3 is 2.17 bits per heavy atom. The van der Waals surface area contributed by atoms with Gasteiger partial charge in [-0.05, 0) is 6.26 Å². The number of nitrogens with one attached hydrogen (secondary N) is 1. The minimum atomic E-state index is -5.13. The van der Waals surface area contributed by atoms with Gasteiger partial charge in [-0.3, -0.25) is 37.0 Å². The van der Waals surface area contributed by atoms with E-state index < -0.39 is 83.5 Å². The molecule has 7 heterocycles. The molecule has 2 bridgehead atoms. The van der Waals surface area contributed by atoms with E-state index in [4.69, 9.17) is 39.0 Å². The highest BCUT2D eigenvalue weighted by Gasteiger charge is 2.54. The number of hydrogen-bond acceptors (Lipinski definition) is 19. The molecule has 23 nitrogen and oxygen atoms in total. The molecule has 9 N–H and O–H groups in total. The number of hydrogen-bond donors (Lipinski definition) is 7. The molecule has 0 saturated carbocycles. The van der Waals surface area contributed by atoms with Crippen molar-refractivity contribution < 1.29 is 56.7 Å². The maximum absolute atomic E-state index is 13.3. The second-order valence-corrected chi connectivity index (χ2v) is 14.1. The number of fused-ring (bicyclic) bond motifs is 5. The number of phosphoric ester groups is 2. The van der Waals surface area contributed by atoms with E-state index >= 15 is 0 Å². The fourth-order valence-electron chi connectivity index (χ4n) is 5.48. The van der Waals surface area contributed by atoms with Crippen LogP contribution in [-0.2, 0) is 36.7 Å². The van der Waals surface area contributed by atoms with Crippen LogP contribution in [0.5, 0.6) is 0 Å². The molecule has 2 unspecified atom stereocenters. The zero-order chi connectivity index (χ0) is 33.4. The van der Waals surface area contributed by atoms with Crippen molar-refractivity contribution in [1.29, 1.82) is 0 Å². The summed E-state index contributed by atoms with van der Waals surface area (Å²) in [4.78, 5) is 56.5. The molecular formula is C21H26N10O13P2S. The molecule has 3 fully saturated rings. The van der Waals surface area contributed by atoms with Gasteiger partial charge in [0.25, 0.3) is 5.56 Å². The summed E-state index contributed by atoms with van der Waals surface area (Å²) in [5.41, 5.74) is 11.0. The fourth-order valence-corrected chi connectivity index (χ4v) is 7.89. The predicted molar refractivity (Wildman–Crippen MR) is 155 cm³/mol. The van der Waals surface area contributed by atoms with E-state index in [0.717, 1.165) is 10.9 Å². The maximum atomic E-state index is 13.3. The lowest BCUT2D eigenvalue weighted by Gasteiger charge is -2.25. The average Bonchev–Trinajstić information content (AvgIpc) is 3.75. The van der Waals surface area contributed by atoms with Crippen molar-refractivity contribution in [2.24, 2.45) is 0 Å². The first-order chi connectivity index (χ1) is 22.2. The van der Waals surface area contributed by atoms with E-state index in [-0.39, 0.29) is 28.7 Å². The van der Waals surface area contributed by atoms with Crippen molar-refractivity contribution in [2.45, 2.75) is 54.1 Å². The second-order valence-electron chi connectivity index (χ2n) is 10.5. The lowest BCUT2D eigenvalue weighted by atomic mass is 10.1. The van der Waals surface area contributed by atoms with Crippen molar-refractivity contribution in [3.05, 3.63) is 23.0 Å². The van der Waals surface area contributed by atoms with Gasteiger partial charge in [-0.2, -0.15) is 9.97 Å². The Morgan fingerprint density at radius 2 is 1.47 bits per heavy atom. The van der Waals surface area contributed by atoms with E-state index in [2.05, 4.69) is 29.9 Å². The molecule has 0 aromatic carbocycles. The van der Waals surface area contributed by atoms with Gasteiger partial charge in [0, 0.05) is 0 Å². The number of aromatic nitrogens is 8. The third-order valence-electron chi connectivity index (χ3n) is 7.53. The van der Waals surface area contributed by atoms with Crippen molar-refractivity contribution in [2.75, 3.05) is 30.9 Å². The van der Waals surface area contributed by atoms with Gasteiger partial charge in [0.2, 0.25) is 11.9 Å². The number of H-pyrrole nitrogens is 1. The number of anilines is 2. The zero-order valence-electron chi connectivity index (χ0n) is 23.7. The Labute approximate surface area is 265 Å². The molecule has 7 rings (SSSR count). The fraction of sp³-hybridized carbons (Fsp3) is 0.524. The molecule has 47 heavy (non-hydrogen) atoms. The quantitative estimate of drug-likeness (QED) is 0.0710. The van der Waals surface area contributed by atoms with Crippen LogP contribution in [0, 0.1) is 0 Å². The summed E-state index contributed by atoms with van der Waals surface area (Å²) in [6.07, 6.45) is -8.63. The van der Waals surface area contributed by atoms with Crippen molar-refractivity contribution in [3.8, 4) is 0 Å². The van der Waals surface area contributed by atoms with Crippen molar-refractivity contribution in [1.82, 2.24) is 39.0 Å². The highest BCUT2D eigenvalue weighted by molar-refractivity contribution is 7.98. The number of imidazole rings is 2. The van der Waals surface area contributed by atoms with Crippen LogP contribution >= 0.6 is 27.4 Å². The Hall–Kier alpha value is -3.09. The predicted octanol–water partition coefficient (Wildman–Crippen LogP) is -1.62. The van der Waals surface area contributed by atoms with Gasteiger partial charge in [-0.1, -0.05) is 0 Å². The van der Waals surface area contributed by atoms with Crippen LogP contribution in [0.4, 0.5) is 11.9 Å². The summed E-state index contributed by atoms with van der Waals surface area (Å²) in [7, 11) is -10.2. The minimum Gasteiger partial charge on any atom is -0.387 e. The van der Waals surface area contributed by atoms with Crippen LogP contribution in [0.15, 0.2) is 22.5 Å². The van der Waals surface area contributed by atoms with Crippen LogP contribution in [0.1, 0.15) is 12.5 Å². The number of aromatic amines is 1. The molecule has 3 saturated heterocycles. The van der Waals surface area contributed by atoms with Gasteiger partial charge in [-0.25, -0.2) is 24.1 Å². The molecule has 3 aliphatic heterocycles. The molecule has 26 heteroatoms. The summed E-state index contributed by atoms with van der Waals surface area (Å²) >= 11 is 1.24. The molecule has 254 valence electrons. The average molecular weight is 721 g/mol. The zero-order valence-corrected chi connectivity index (χ0v) is 26.3. The van der Waals surface area contributed by atoms with E-state index in [1.165, 1.54) is 22.7 Å². The van der Waals surface area contributed by atoms with Gasteiger partial charge < -0.3 is 40.9 Å². The lowest BCUT2D eigenvalue weighted by molar-refractivity contribution is -0.0672. The van der Waals surface area contributed by atoms with Crippen molar-refractivity contribution in [3.63, 3.8) is 0 Å². The molecule has 4 aromatic rings.